The summed E-state index contributed by atoms with van der Waals surface area (Å²) < 4.78 is 5.02. The number of amides is 2. The number of nitrogens with zero attached hydrogens (tertiary/aromatic N) is 1. The van der Waals surface area contributed by atoms with Crippen molar-refractivity contribution in [1.82, 2.24) is 4.98 Å². The molecule has 1 unspecified atom stereocenters. The van der Waals surface area contributed by atoms with Crippen LogP contribution in [0.25, 0.3) is 0 Å². The predicted molar refractivity (Wildman–Crippen MR) is 90.6 cm³/mol. The average molecular weight is 388 g/mol. The number of carbonyl (C=O) groups is 3. The van der Waals surface area contributed by atoms with E-state index in [4.69, 9.17) is 33.7 Å². The zero-order chi connectivity index (χ0) is 17.9. The highest BCUT2D eigenvalue weighted by Crippen LogP contribution is 2.23. The molecule has 2 aromatic rings. The first kappa shape index (κ1) is 18.2. The number of thiophene rings is 1. The fraction of sp³-hybridized carbons (Fsp3) is 0.143. The predicted octanol–water partition coefficient (Wildman–Crippen LogP) is 2.73. The number of primary amides is 1. The Hall–Kier alpha value is -2.16. The molecule has 0 saturated carbocycles. The Morgan fingerprint density at radius 1 is 1.29 bits per heavy atom. The minimum absolute atomic E-state index is 0.0475. The molecule has 1 atom stereocenters. The van der Waals surface area contributed by atoms with Crippen LogP contribution in [0.4, 0.5) is 5.00 Å². The average Bonchev–Trinajstić information content (AvgIpc) is 2.97. The normalized spacial score (nSPS) is 11.6. The molecule has 24 heavy (non-hydrogen) atoms. The molecule has 0 aliphatic heterocycles. The SMILES string of the molecule is CC(OC(=O)c1nc(Cl)ccc1Cl)C(=O)Nc1sccc1C(N)=O. The topological polar surface area (TPSA) is 111 Å². The minimum Gasteiger partial charge on any atom is -0.448 e. The molecule has 10 heteroatoms. The second-order valence-corrected chi connectivity index (χ2v) is 6.24. The molecule has 0 aliphatic rings. The summed E-state index contributed by atoms with van der Waals surface area (Å²) in [6.45, 7) is 1.36. The van der Waals surface area contributed by atoms with Gasteiger partial charge in [0.1, 0.15) is 10.2 Å². The molecule has 3 N–H and O–H groups in total. The lowest BCUT2D eigenvalue weighted by Gasteiger charge is -2.13. The Morgan fingerprint density at radius 2 is 2.00 bits per heavy atom. The van der Waals surface area contributed by atoms with Gasteiger partial charge in [0.15, 0.2) is 11.8 Å². The molecule has 0 aromatic carbocycles. The van der Waals surface area contributed by atoms with Crippen molar-refractivity contribution in [3.8, 4) is 0 Å². The van der Waals surface area contributed by atoms with Crippen molar-refractivity contribution in [3.63, 3.8) is 0 Å². The van der Waals surface area contributed by atoms with Gasteiger partial charge in [-0.2, -0.15) is 0 Å². The van der Waals surface area contributed by atoms with E-state index in [0.717, 1.165) is 11.3 Å². The maximum Gasteiger partial charge on any atom is 0.359 e. The number of aromatic nitrogens is 1. The summed E-state index contributed by atoms with van der Waals surface area (Å²) in [7, 11) is 0. The molecule has 0 saturated heterocycles. The summed E-state index contributed by atoms with van der Waals surface area (Å²) in [5, 5.41) is 4.46. The Morgan fingerprint density at radius 3 is 2.67 bits per heavy atom. The molecule has 2 rings (SSSR count). The van der Waals surface area contributed by atoms with E-state index in [2.05, 4.69) is 10.3 Å². The van der Waals surface area contributed by atoms with Gasteiger partial charge < -0.3 is 15.8 Å². The third-order valence-corrected chi connectivity index (χ3v) is 4.17. The quantitative estimate of drug-likeness (QED) is 0.604. The van der Waals surface area contributed by atoms with Crippen LogP contribution < -0.4 is 11.1 Å². The van der Waals surface area contributed by atoms with E-state index in [1.165, 1.54) is 25.1 Å². The standard InChI is InChI=1S/C14H11Cl2N3O4S/c1-6(12(21)19-13-7(11(17)20)4-5-24-13)23-14(22)10-8(15)2-3-9(16)18-10/h2-6H,1H3,(H2,17,20)(H,19,21). The number of nitrogens with two attached hydrogens (primary N) is 1. The van der Waals surface area contributed by atoms with Crippen LogP contribution in [0.5, 0.6) is 0 Å². The van der Waals surface area contributed by atoms with E-state index in [-0.39, 0.29) is 26.4 Å². The van der Waals surface area contributed by atoms with Crippen molar-refractivity contribution in [2.24, 2.45) is 5.73 Å². The van der Waals surface area contributed by atoms with Crippen molar-refractivity contribution < 1.29 is 19.1 Å². The second-order valence-electron chi connectivity index (χ2n) is 4.53. The Bertz CT molecular complexity index is 809. The van der Waals surface area contributed by atoms with Crippen LogP contribution >= 0.6 is 34.5 Å². The summed E-state index contributed by atoms with van der Waals surface area (Å²) in [6, 6.07) is 4.29. The molecule has 0 aliphatic carbocycles. The van der Waals surface area contributed by atoms with Crippen molar-refractivity contribution >= 4 is 57.3 Å². The minimum atomic E-state index is -1.16. The van der Waals surface area contributed by atoms with Crippen LogP contribution in [0, 0.1) is 0 Å². The van der Waals surface area contributed by atoms with Gasteiger partial charge in [-0.1, -0.05) is 23.2 Å². The van der Waals surface area contributed by atoms with Gasteiger partial charge >= 0.3 is 5.97 Å². The van der Waals surface area contributed by atoms with Gasteiger partial charge in [0.25, 0.3) is 11.8 Å². The summed E-state index contributed by atoms with van der Waals surface area (Å²) in [6.07, 6.45) is -1.16. The smallest absolute Gasteiger partial charge is 0.359 e. The molecule has 0 spiro atoms. The second kappa shape index (κ2) is 7.61. The molecule has 0 fully saturated rings. The molecule has 0 bridgehead atoms. The van der Waals surface area contributed by atoms with Crippen LogP contribution in [-0.2, 0) is 9.53 Å². The number of anilines is 1. The van der Waals surface area contributed by atoms with E-state index >= 15 is 0 Å². The fourth-order valence-electron chi connectivity index (χ4n) is 1.65. The number of hydrogen-bond acceptors (Lipinski definition) is 6. The highest BCUT2D eigenvalue weighted by atomic mass is 35.5. The third kappa shape index (κ3) is 4.22. The first-order valence-corrected chi connectivity index (χ1v) is 8.14. The lowest BCUT2D eigenvalue weighted by Crippen LogP contribution is -2.30. The summed E-state index contributed by atoms with van der Waals surface area (Å²) in [5.74, 6) is -2.20. The molecular formula is C14H11Cl2N3O4S. The van der Waals surface area contributed by atoms with E-state index in [0.29, 0.717) is 0 Å². The largest absolute Gasteiger partial charge is 0.448 e. The van der Waals surface area contributed by atoms with Gasteiger partial charge in [-0.3, -0.25) is 9.59 Å². The number of hydrogen-bond donors (Lipinski definition) is 2. The highest BCUT2D eigenvalue weighted by molar-refractivity contribution is 7.14. The number of halogens is 2. The van der Waals surface area contributed by atoms with E-state index < -0.39 is 23.9 Å². The number of nitrogens with one attached hydrogen (secondary N) is 1. The number of rotatable bonds is 5. The van der Waals surface area contributed by atoms with Crippen molar-refractivity contribution in [3.05, 3.63) is 45.0 Å². The Balaban J connectivity index is 2.06. The monoisotopic (exact) mass is 387 g/mol. The van der Waals surface area contributed by atoms with Crippen molar-refractivity contribution in [2.75, 3.05) is 5.32 Å². The zero-order valence-electron chi connectivity index (χ0n) is 12.2. The van der Waals surface area contributed by atoms with E-state index in [9.17, 15) is 14.4 Å². The van der Waals surface area contributed by atoms with Crippen LogP contribution in [0.3, 0.4) is 0 Å². The van der Waals surface area contributed by atoms with Gasteiger partial charge in [0.05, 0.1) is 10.6 Å². The lowest BCUT2D eigenvalue weighted by atomic mass is 10.3. The van der Waals surface area contributed by atoms with E-state index in [1.54, 1.807) is 5.38 Å². The van der Waals surface area contributed by atoms with Crippen LogP contribution in [-0.4, -0.2) is 28.9 Å². The summed E-state index contributed by atoms with van der Waals surface area (Å²) in [5.41, 5.74) is 5.17. The zero-order valence-corrected chi connectivity index (χ0v) is 14.5. The van der Waals surface area contributed by atoms with Crippen LogP contribution in [0.2, 0.25) is 10.2 Å². The number of carbonyl (C=O) groups excluding carboxylic acids is 3. The number of esters is 1. The maximum atomic E-state index is 12.1. The van der Waals surface area contributed by atoms with Gasteiger partial charge in [-0.25, -0.2) is 9.78 Å². The van der Waals surface area contributed by atoms with Crippen molar-refractivity contribution in [2.45, 2.75) is 13.0 Å². The Labute approximate surface area is 150 Å². The third-order valence-electron chi connectivity index (χ3n) is 2.83. The molecule has 2 heterocycles. The van der Waals surface area contributed by atoms with Gasteiger partial charge in [-0.15, -0.1) is 11.3 Å². The van der Waals surface area contributed by atoms with Gasteiger partial charge in [0, 0.05) is 0 Å². The molecule has 2 amide bonds. The van der Waals surface area contributed by atoms with Gasteiger partial charge in [0.2, 0.25) is 0 Å². The number of pyridine rings is 1. The molecule has 0 radical (unpaired) electrons. The van der Waals surface area contributed by atoms with E-state index in [1.807, 2.05) is 0 Å². The van der Waals surface area contributed by atoms with Crippen LogP contribution in [0.15, 0.2) is 23.6 Å². The van der Waals surface area contributed by atoms with Crippen LogP contribution in [0.1, 0.15) is 27.8 Å². The molecule has 2 aromatic heterocycles. The van der Waals surface area contributed by atoms with Gasteiger partial charge in [-0.05, 0) is 30.5 Å². The highest BCUT2D eigenvalue weighted by Gasteiger charge is 2.23. The lowest BCUT2D eigenvalue weighted by molar-refractivity contribution is -0.123. The maximum absolute atomic E-state index is 12.1. The molecular weight excluding hydrogens is 377 g/mol. The summed E-state index contributed by atoms with van der Waals surface area (Å²) >= 11 is 12.7. The summed E-state index contributed by atoms with van der Waals surface area (Å²) in [4.78, 5) is 39.1. The Kier molecular flexibility index (Phi) is 5.76. The van der Waals surface area contributed by atoms with Crippen molar-refractivity contribution in [1.29, 1.82) is 0 Å². The first-order chi connectivity index (χ1) is 11.3. The first-order valence-electron chi connectivity index (χ1n) is 6.50. The molecule has 126 valence electrons. The number of ether oxygens (including phenoxy) is 1. The fourth-order valence-corrected chi connectivity index (χ4v) is 2.77. The molecule has 7 nitrogen and oxygen atoms in total.